The Hall–Kier alpha value is 0.394. The summed E-state index contributed by atoms with van der Waals surface area (Å²) >= 11 is 0. The van der Waals surface area contributed by atoms with E-state index < -0.39 is 16.5 Å². The molecular formula is C6H17NSi2. The second-order valence-corrected chi connectivity index (χ2v) is 14.8. The maximum atomic E-state index is 2.71. The normalized spacial score (nSPS) is 31.7. The first kappa shape index (κ1) is 7.50. The third-order valence-corrected chi connectivity index (χ3v) is 16.9. The Kier molecular flexibility index (Phi) is 1.42. The first-order valence-electron chi connectivity index (χ1n) is 3.60. The lowest BCUT2D eigenvalue weighted by Gasteiger charge is -2.57. The van der Waals surface area contributed by atoms with Gasteiger partial charge in [0.25, 0.3) is 0 Å². The Labute approximate surface area is 60.2 Å². The molecule has 1 nitrogen and oxygen atoms in total. The summed E-state index contributed by atoms with van der Waals surface area (Å²) in [5.74, 6) is 0. The molecule has 0 radical (unpaired) electrons. The molecule has 0 atom stereocenters. The van der Waals surface area contributed by atoms with Crippen molar-refractivity contribution in [1.29, 1.82) is 0 Å². The number of rotatable bonds is 0. The molecule has 1 heterocycles. The van der Waals surface area contributed by atoms with Crippen LogP contribution in [0.3, 0.4) is 0 Å². The molecule has 0 bridgehead atoms. The standard InChI is InChI=1S/C6H17NSi2/c1-7-8(2,3)6-9(7,4)5/h6H2,1-5H3. The average Bonchev–Trinajstić information content (AvgIpc) is 1.63. The van der Waals surface area contributed by atoms with Crippen molar-refractivity contribution in [1.82, 2.24) is 4.23 Å². The quantitative estimate of drug-likeness (QED) is 0.488. The smallest absolute Gasteiger partial charge is 0.113 e. The van der Waals surface area contributed by atoms with Gasteiger partial charge in [-0.05, 0) is 12.7 Å². The van der Waals surface area contributed by atoms with E-state index in [2.05, 4.69) is 37.5 Å². The van der Waals surface area contributed by atoms with Gasteiger partial charge in [-0.15, -0.1) is 0 Å². The van der Waals surface area contributed by atoms with Gasteiger partial charge in [0.2, 0.25) is 0 Å². The predicted molar refractivity (Wildman–Crippen MR) is 47.5 cm³/mol. The molecule has 0 saturated carbocycles. The molecule has 9 heavy (non-hydrogen) atoms. The largest absolute Gasteiger partial charge is 0.349 e. The van der Waals surface area contributed by atoms with Crippen LogP contribution >= 0.6 is 0 Å². The van der Waals surface area contributed by atoms with Gasteiger partial charge in [-0.2, -0.15) is 0 Å². The van der Waals surface area contributed by atoms with E-state index in [-0.39, 0.29) is 0 Å². The highest BCUT2D eigenvalue weighted by Gasteiger charge is 2.50. The molecule has 0 aromatic rings. The van der Waals surface area contributed by atoms with Gasteiger partial charge in [0.15, 0.2) is 0 Å². The molecule has 0 spiro atoms. The molecule has 54 valence electrons. The van der Waals surface area contributed by atoms with Gasteiger partial charge in [-0.25, -0.2) is 0 Å². The molecule has 1 rings (SSSR count). The highest BCUT2D eigenvalue weighted by molar-refractivity contribution is 7.07. The fourth-order valence-corrected chi connectivity index (χ4v) is 18.2. The Morgan fingerprint density at radius 3 is 1.33 bits per heavy atom. The molecule has 0 unspecified atom stereocenters. The summed E-state index contributed by atoms with van der Waals surface area (Å²) in [6.45, 7) is 9.85. The van der Waals surface area contributed by atoms with Crippen molar-refractivity contribution >= 4 is 16.5 Å². The second kappa shape index (κ2) is 1.71. The van der Waals surface area contributed by atoms with E-state index in [0.717, 1.165) is 0 Å². The lowest BCUT2D eigenvalue weighted by atomic mass is 11.6. The van der Waals surface area contributed by atoms with Crippen molar-refractivity contribution < 1.29 is 0 Å². The van der Waals surface area contributed by atoms with Crippen molar-refractivity contribution in [2.45, 2.75) is 31.9 Å². The Balaban J connectivity index is 2.62. The fraction of sp³-hybridized carbons (Fsp3) is 1.00. The fourth-order valence-electron chi connectivity index (χ4n) is 2.02. The van der Waals surface area contributed by atoms with Crippen molar-refractivity contribution in [3.63, 3.8) is 0 Å². The zero-order valence-electron chi connectivity index (χ0n) is 7.15. The molecule has 0 amide bonds. The lowest BCUT2D eigenvalue weighted by molar-refractivity contribution is 0.699. The van der Waals surface area contributed by atoms with Crippen LogP contribution in [0.25, 0.3) is 0 Å². The van der Waals surface area contributed by atoms with E-state index >= 15 is 0 Å². The molecule has 1 fully saturated rings. The van der Waals surface area contributed by atoms with E-state index in [0.29, 0.717) is 0 Å². The first-order valence-corrected chi connectivity index (χ1v) is 9.91. The van der Waals surface area contributed by atoms with Gasteiger partial charge >= 0.3 is 0 Å². The van der Waals surface area contributed by atoms with Gasteiger partial charge in [0, 0.05) is 0 Å². The zero-order chi connectivity index (χ0) is 7.28. The lowest BCUT2D eigenvalue weighted by Crippen LogP contribution is -2.73. The van der Waals surface area contributed by atoms with E-state index in [4.69, 9.17) is 0 Å². The van der Waals surface area contributed by atoms with Crippen LogP contribution in [0, 0.1) is 0 Å². The van der Waals surface area contributed by atoms with Gasteiger partial charge in [-0.3, -0.25) is 0 Å². The maximum Gasteiger partial charge on any atom is 0.113 e. The molecule has 0 aromatic heterocycles. The summed E-state index contributed by atoms with van der Waals surface area (Å²) in [6, 6.07) is 0. The monoisotopic (exact) mass is 159 g/mol. The zero-order valence-corrected chi connectivity index (χ0v) is 9.15. The third kappa shape index (κ3) is 1.01. The van der Waals surface area contributed by atoms with Gasteiger partial charge in [0.1, 0.15) is 16.5 Å². The summed E-state index contributed by atoms with van der Waals surface area (Å²) in [4.78, 5) is 0. The van der Waals surface area contributed by atoms with Crippen molar-refractivity contribution in [2.75, 3.05) is 7.05 Å². The van der Waals surface area contributed by atoms with Gasteiger partial charge in [-0.1, -0.05) is 26.2 Å². The highest BCUT2D eigenvalue weighted by atomic mass is 28.5. The minimum Gasteiger partial charge on any atom is -0.349 e. The van der Waals surface area contributed by atoms with Crippen LogP contribution in [0.5, 0.6) is 0 Å². The highest BCUT2D eigenvalue weighted by Crippen LogP contribution is 2.36. The molecule has 1 aliphatic rings. The first-order chi connectivity index (χ1) is 3.86. The molecule has 3 heteroatoms. The van der Waals surface area contributed by atoms with Gasteiger partial charge < -0.3 is 4.23 Å². The Morgan fingerprint density at radius 2 is 1.33 bits per heavy atom. The topological polar surface area (TPSA) is 3.24 Å². The van der Waals surface area contributed by atoms with Crippen LogP contribution < -0.4 is 0 Å². The van der Waals surface area contributed by atoms with Crippen molar-refractivity contribution in [3.05, 3.63) is 0 Å². The third-order valence-electron chi connectivity index (χ3n) is 2.68. The molecule has 0 aromatic carbocycles. The SMILES string of the molecule is CN1[Si](C)(C)C[Si]1(C)C. The molecule has 0 N–H and O–H groups in total. The summed E-state index contributed by atoms with van der Waals surface area (Å²) in [6.07, 6.45) is 0. The number of nitrogens with zero attached hydrogens (tertiary/aromatic N) is 1. The van der Waals surface area contributed by atoms with E-state index in [1.165, 1.54) is 0 Å². The molecule has 1 aliphatic heterocycles. The predicted octanol–water partition coefficient (Wildman–Crippen LogP) is 1.88. The maximum absolute atomic E-state index is 2.71. The minimum absolute atomic E-state index is 0.794. The number of hydrogen-bond acceptors (Lipinski definition) is 1. The second-order valence-electron chi connectivity index (χ2n) is 4.36. The van der Waals surface area contributed by atoms with Crippen LogP contribution in [0.2, 0.25) is 31.9 Å². The van der Waals surface area contributed by atoms with Crippen molar-refractivity contribution in [2.24, 2.45) is 0 Å². The van der Waals surface area contributed by atoms with Crippen LogP contribution in [0.15, 0.2) is 0 Å². The molecule has 1 saturated heterocycles. The van der Waals surface area contributed by atoms with E-state index in [9.17, 15) is 0 Å². The van der Waals surface area contributed by atoms with Crippen LogP contribution in [-0.2, 0) is 0 Å². The molecule has 0 aliphatic carbocycles. The van der Waals surface area contributed by atoms with E-state index in [1.807, 2.05) is 0 Å². The van der Waals surface area contributed by atoms with Crippen LogP contribution in [-0.4, -0.2) is 27.7 Å². The van der Waals surface area contributed by atoms with E-state index in [1.54, 1.807) is 5.67 Å². The van der Waals surface area contributed by atoms with Crippen LogP contribution in [0.1, 0.15) is 0 Å². The van der Waals surface area contributed by atoms with Gasteiger partial charge in [0.05, 0.1) is 0 Å². The minimum atomic E-state index is -0.794. The summed E-state index contributed by atoms with van der Waals surface area (Å²) in [5, 5.41) is 0. The Bertz CT molecular complexity index is 117. The Morgan fingerprint density at radius 1 is 1.00 bits per heavy atom. The van der Waals surface area contributed by atoms with Crippen molar-refractivity contribution in [3.8, 4) is 0 Å². The average molecular weight is 159 g/mol. The summed E-state index contributed by atoms with van der Waals surface area (Å²) in [5.41, 5.74) is 1.59. The molecular weight excluding hydrogens is 142 g/mol. The summed E-state index contributed by atoms with van der Waals surface area (Å²) in [7, 11) is 0.733. The van der Waals surface area contributed by atoms with Crippen LogP contribution in [0.4, 0.5) is 0 Å². The number of hydrogen-bond donors (Lipinski definition) is 0. The summed E-state index contributed by atoms with van der Waals surface area (Å²) < 4.78 is 2.71.